The molecule has 5 aromatic carbocycles. The minimum Gasteiger partial charge on any atom is -0.508 e. The summed E-state index contributed by atoms with van der Waals surface area (Å²) in [6.45, 7) is 1.03. The van der Waals surface area contributed by atoms with Gasteiger partial charge < -0.3 is 14.6 Å². The van der Waals surface area contributed by atoms with Crippen LogP contribution < -0.4 is 9.47 Å². The van der Waals surface area contributed by atoms with Crippen LogP contribution in [-0.2, 0) is 0 Å². The maximum absolute atomic E-state index is 11.5. The number of hydrogen-bond donors (Lipinski definition) is 1. The number of ether oxygens (including phenoxy) is 2. The molecule has 4 nitrogen and oxygen atoms in total. The van der Waals surface area contributed by atoms with Crippen LogP contribution in [0.25, 0.3) is 32.3 Å². The average Bonchev–Trinajstić information content (AvgIpc) is 2.79. The number of phenolic OH excluding ortho intramolecular Hbond substituents is 1. The Balaban J connectivity index is 1.38. The largest absolute Gasteiger partial charge is 0.508 e. The van der Waals surface area contributed by atoms with E-state index in [1.807, 2.05) is 30.3 Å². The molecule has 0 atom stereocenters. The van der Waals surface area contributed by atoms with Crippen LogP contribution in [0.3, 0.4) is 0 Å². The van der Waals surface area contributed by atoms with Crippen molar-refractivity contribution in [2.45, 2.75) is 6.42 Å². The van der Waals surface area contributed by atoms with Crippen LogP contribution in [0.1, 0.15) is 16.8 Å². The van der Waals surface area contributed by atoms with Crippen molar-refractivity contribution in [2.75, 3.05) is 13.2 Å². The SMILES string of the molecule is O=Cc1ccc2ccc3c(OCCCOc4ccc(O)cc4)ccc4c#cc1c2c43. The number of rotatable bonds is 7. The second-order valence-corrected chi connectivity index (χ2v) is 7.14. The van der Waals surface area contributed by atoms with Gasteiger partial charge in [0.2, 0.25) is 0 Å². The van der Waals surface area contributed by atoms with Gasteiger partial charge in [-0.1, -0.05) is 24.3 Å². The lowest BCUT2D eigenvalue weighted by Gasteiger charge is -2.14. The second-order valence-electron chi connectivity index (χ2n) is 7.14. The van der Waals surface area contributed by atoms with Gasteiger partial charge >= 0.3 is 0 Å². The summed E-state index contributed by atoms with van der Waals surface area (Å²) < 4.78 is 11.7. The van der Waals surface area contributed by atoms with E-state index >= 15 is 0 Å². The molecule has 0 unspecified atom stereocenters. The molecule has 0 saturated heterocycles. The fourth-order valence-corrected chi connectivity index (χ4v) is 3.82. The van der Waals surface area contributed by atoms with Gasteiger partial charge in [-0.05, 0) is 53.9 Å². The third-order valence-electron chi connectivity index (χ3n) is 5.26. The van der Waals surface area contributed by atoms with E-state index in [9.17, 15) is 9.90 Å². The van der Waals surface area contributed by atoms with Crippen LogP contribution in [0.4, 0.5) is 0 Å². The minimum atomic E-state index is 0.217. The highest BCUT2D eigenvalue weighted by atomic mass is 16.5. The van der Waals surface area contributed by atoms with Gasteiger partial charge in [0.25, 0.3) is 0 Å². The maximum Gasteiger partial charge on any atom is 0.151 e. The van der Waals surface area contributed by atoms with Crippen molar-refractivity contribution < 1.29 is 19.4 Å². The number of benzene rings is 4. The van der Waals surface area contributed by atoms with Crippen molar-refractivity contribution in [3.05, 3.63) is 78.4 Å². The first-order chi connectivity index (χ1) is 14.7. The third-order valence-corrected chi connectivity index (χ3v) is 5.26. The van der Waals surface area contributed by atoms with Crippen molar-refractivity contribution in [2.24, 2.45) is 0 Å². The van der Waals surface area contributed by atoms with E-state index in [0.29, 0.717) is 24.5 Å². The van der Waals surface area contributed by atoms with E-state index < -0.39 is 0 Å². The smallest absolute Gasteiger partial charge is 0.151 e. The average molecular weight is 394 g/mol. The zero-order chi connectivity index (χ0) is 20.5. The number of phenols is 1. The zero-order valence-electron chi connectivity index (χ0n) is 16.1. The van der Waals surface area contributed by atoms with Gasteiger partial charge in [-0.2, -0.15) is 0 Å². The first-order valence-electron chi connectivity index (χ1n) is 9.79. The second kappa shape index (κ2) is 7.46. The predicted octanol–water partition coefficient (Wildman–Crippen LogP) is 5.55. The van der Waals surface area contributed by atoms with Gasteiger partial charge in [0.15, 0.2) is 6.29 Å². The van der Waals surface area contributed by atoms with E-state index in [-0.39, 0.29) is 5.75 Å². The van der Waals surface area contributed by atoms with E-state index in [1.165, 1.54) is 0 Å². The van der Waals surface area contributed by atoms with Gasteiger partial charge in [-0.3, -0.25) is 4.79 Å². The number of carbonyl (C=O) groups is 1. The van der Waals surface area contributed by atoms with Crippen molar-refractivity contribution in [1.29, 1.82) is 0 Å². The molecule has 146 valence electrons. The third kappa shape index (κ3) is 3.11. The highest BCUT2D eigenvalue weighted by Crippen LogP contribution is 2.38. The molecule has 0 radical (unpaired) electrons. The number of aldehydes is 1. The molecule has 0 aliphatic rings. The zero-order valence-corrected chi connectivity index (χ0v) is 16.1. The fraction of sp³-hybridized carbons (Fsp3) is 0.115. The molecule has 0 aliphatic heterocycles. The Morgan fingerprint density at radius 1 is 0.833 bits per heavy atom. The fourth-order valence-electron chi connectivity index (χ4n) is 3.82. The van der Waals surface area contributed by atoms with E-state index in [0.717, 1.165) is 50.8 Å². The van der Waals surface area contributed by atoms with Crippen molar-refractivity contribution in [1.82, 2.24) is 0 Å². The van der Waals surface area contributed by atoms with Crippen LogP contribution in [-0.4, -0.2) is 24.6 Å². The minimum absolute atomic E-state index is 0.217. The predicted molar refractivity (Wildman–Crippen MR) is 117 cm³/mol. The molecule has 0 amide bonds. The Morgan fingerprint density at radius 3 is 2.47 bits per heavy atom. The van der Waals surface area contributed by atoms with E-state index in [4.69, 9.17) is 9.47 Å². The molecule has 0 spiro atoms. The molecule has 0 aliphatic carbocycles. The Bertz CT molecular complexity index is 1340. The van der Waals surface area contributed by atoms with Crippen LogP contribution >= 0.6 is 0 Å². The van der Waals surface area contributed by atoms with Gasteiger partial charge in [-0.15, -0.1) is 0 Å². The summed E-state index contributed by atoms with van der Waals surface area (Å²) in [7, 11) is 0. The molecule has 0 heterocycles. The van der Waals surface area contributed by atoms with Crippen LogP contribution in [0.2, 0.25) is 0 Å². The quantitative estimate of drug-likeness (QED) is 0.223. The molecule has 0 fully saturated rings. The van der Waals surface area contributed by atoms with Crippen LogP contribution in [0.15, 0.2) is 60.7 Å². The maximum atomic E-state index is 11.5. The molecule has 0 saturated carbocycles. The molecule has 1 N–H and O–H groups in total. The summed E-state index contributed by atoms with van der Waals surface area (Å²) in [6, 6.07) is 24.8. The van der Waals surface area contributed by atoms with Crippen molar-refractivity contribution >= 4 is 38.6 Å². The molecular formula is C26H18O4. The molecule has 5 aromatic rings. The Morgan fingerprint density at radius 2 is 1.63 bits per heavy atom. The number of aromatic hydroxyl groups is 1. The van der Waals surface area contributed by atoms with Crippen LogP contribution in [0.5, 0.6) is 17.2 Å². The summed E-state index contributed by atoms with van der Waals surface area (Å²) in [5.41, 5.74) is 0.617. The summed E-state index contributed by atoms with van der Waals surface area (Å²) in [4.78, 5) is 11.5. The summed E-state index contributed by atoms with van der Waals surface area (Å²) in [6.07, 6.45) is 1.58. The first kappa shape index (κ1) is 18.1. The topological polar surface area (TPSA) is 55.8 Å². The molecule has 0 bridgehead atoms. The van der Waals surface area contributed by atoms with Gasteiger partial charge in [0.1, 0.15) is 17.2 Å². The standard InChI is InChI=1S/C26H18O4/c27-16-19-3-2-17-5-12-23-24(13-6-18-4-11-22(19)25(17)26(18)23)30-15-1-14-29-21-9-7-20(28)8-10-21/h2-3,5-10,12-13,16,28H,1,14-15H2. The van der Waals surface area contributed by atoms with Crippen molar-refractivity contribution in [3.8, 4) is 17.2 Å². The van der Waals surface area contributed by atoms with Gasteiger partial charge in [0.05, 0.1) is 13.2 Å². The lowest BCUT2D eigenvalue weighted by Crippen LogP contribution is -2.05. The van der Waals surface area contributed by atoms with Crippen molar-refractivity contribution in [3.63, 3.8) is 0 Å². The number of hydrogen-bond acceptors (Lipinski definition) is 4. The first-order valence-corrected chi connectivity index (χ1v) is 9.79. The molecule has 4 heteroatoms. The lowest BCUT2D eigenvalue weighted by atomic mass is 9.93. The highest BCUT2D eigenvalue weighted by Gasteiger charge is 2.13. The summed E-state index contributed by atoms with van der Waals surface area (Å²) in [5.74, 6) is 1.73. The van der Waals surface area contributed by atoms with Gasteiger partial charge in [0, 0.05) is 38.9 Å². The Kier molecular flexibility index (Phi) is 4.49. The Labute approximate surface area is 173 Å². The number of carbonyl (C=O) groups excluding carboxylic acids is 1. The van der Waals surface area contributed by atoms with Gasteiger partial charge in [-0.25, -0.2) is 0 Å². The monoisotopic (exact) mass is 394 g/mol. The van der Waals surface area contributed by atoms with E-state index in [2.05, 4.69) is 18.2 Å². The van der Waals surface area contributed by atoms with E-state index in [1.54, 1.807) is 24.3 Å². The lowest BCUT2D eigenvalue weighted by molar-refractivity contribution is 0.112. The molecule has 30 heavy (non-hydrogen) atoms. The highest BCUT2D eigenvalue weighted by molar-refractivity contribution is 6.25. The molecule has 0 aromatic heterocycles. The summed E-state index contributed by atoms with van der Waals surface area (Å²) in [5, 5.41) is 15.2. The Hall–Kier alpha value is -3.97. The normalized spacial score (nSPS) is 11.1. The molecule has 5 rings (SSSR count). The van der Waals surface area contributed by atoms with Crippen LogP contribution in [0, 0.1) is 12.1 Å². The molecular weight excluding hydrogens is 376 g/mol. The summed E-state index contributed by atoms with van der Waals surface area (Å²) >= 11 is 0.